The highest BCUT2D eigenvalue weighted by atomic mass is 35.5. The molecule has 2 aromatic rings. The van der Waals surface area contributed by atoms with Crippen LogP contribution in [0.5, 0.6) is 0 Å². The van der Waals surface area contributed by atoms with Crippen molar-refractivity contribution in [3.05, 3.63) is 70.2 Å². The van der Waals surface area contributed by atoms with Crippen LogP contribution < -0.4 is 5.32 Å². The lowest BCUT2D eigenvalue weighted by Gasteiger charge is -2.16. The molecule has 1 heterocycles. The Morgan fingerprint density at radius 2 is 2.00 bits per heavy atom. The van der Waals surface area contributed by atoms with Gasteiger partial charge in [-0.15, -0.1) is 0 Å². The van der Waals surface area contributed by atoms with Crippen LogP contribution in [0.4, 0.5) is 0 Å². The van der Waals surface area contributed by atoms with Crippen LogP contribution in [0, 0.1) is 0 Å². The van der Waals surface area contributed by atoms with Gasteiger partial charge in [-0.05, 0) is 48.7 Å². The highest BCUT2D eigenvalue weighted by Gasteiger charge is 2.20. The van der Waals surface area contributed by atoms with E-state index in [-0.39, 0.29) is 17.9 Å². The summed E-state index contributed by atoms with van der Waals surface area (Å²) in [6, 6.07) is 14.8. The van der Waals surface area contributed by atoms with Crippen LogP contribution in [0.3, 0.4) is 0 Å². The number of amides is 2. The molecule has 4 nitrogen and oxygen atoms in total. The first-order valence-corrected chi connectivity index (χ1v) is 8.84. The number of rotatable bonds is 5. The van der Waals surface area contributed by atoms with Gasteiger partial charge in [0.1, 0.15) is 0 Å². The summed E-state index contributed by atoms with van der Waals surface area (Å²) >= 11 is 6.00. The first-order chi connectivity index (χ1) is 12.0. The van der Waals surface area contributed by atoms with E-state index in [4.69, 9.17) is 11.6 Å². The van der Waals surface area contributed by atoms with Crippen LogP contribution in [0.15, 0.2) is 48.5 Å². The minimum Gasteiger partial charge on any atom is -0.346 e. The smallest absolute Gasteiger partial charge is 0.251 e. The fourth-order valence-corrected chi connectivity index (χ4v) is 3.19. The van der Waals surface area contributed by atoms with E-state index in [1.165, 1.54) is 0 Å². The maximum Gasteiger partial charge on any atom is 0.251 e. The zero-order valence-corrected chi connectivity index (χ0v) is 14.9. The molecule has 5 heteroatoms. The number of hydrogen-bond acceptors (Lipinski definition) is 2. The summed E-state index contributed by atoms with van der Waals surface area (Å²) in [5.74, 6) is 0.0773. The highest BCUT2D eigenvalue weighted by molar-refractivity contribution is 6.30. The molecular weight excluding hydrogens is 336 g/mol. The number of likely N-dealkylation sites (tertiary alicyclic amines) is 1. The van der Waals surface area contributed by atoms with Gasteiger partial charge < -0.3 is 10.2 Å². The molecule has 0 aromatic heterocycles. The van der Waals surface area contributed by atoms with Gasteiger partial charge in [-0.2, -0.15) is 0 Å². The number of carbonyl (C=O) groups excluding carboxylic acids is 2. The lowest BCUT2D eigenvalue weighted by molar-refractivity contribution is -0.128. The first kappa shape index (κ1) is 17.5. The third-order valence-electron chi connectivity index (χ3n) is 4.46. The number of hydrogen-bond donors (Lipinski definition) is 1. The van der Waals surface area contributed by atoms with Gasteiger partial charge in [0, 0.05) is 30.1 Å². The Kier molecular flexibility index (Phi) is 5.39. The van der Waals surface area contributed by atoms with Gasteiger partial charge in [0.25, 0.3) is 5.91 Å². The van der Waals surface area contributed by atoms with Gasteiger partial charge in [0.2, 0.25) is 5.91 Å². The van der Waals surface area contributed by atoms with E-state index in [9.17, 15) is 9.59 Å². The first-order valence-electron chi connectivity index (χ1n) is 8.46. The standard InChI is InChI=1S/C20H21ClN2O2/c1-14(17-4-2-5-18(21)12-17)22-20(25)16-9-7-15(8-10-16)13-23-11-3-6-19(23)24/h2,4-5,7-10,12,14H,3,6,11,13H2,1H3,(H,22,25)/t14-/m1/s1. The molecular formula is C20H21ClN2O2. The number of benzene rings is 2. The van der Waals surface area contributed by atoms with Crippen molar-refractivity contribution in [1.82, 2.24) is 10.2 Å². The Hall–Kier alpha value is -2.33. The molecule has 25 heavy (non-hydrogen) atoms. The zero-order valence-electron chi connectivity index (χ0n) is 14.2. The third-order valence-corrected chi connectivity index (χ3v) is 4.69. The van der Waals surface area contributed by atoms with E-state index >= 15 is 0 Å². The number of carbonyl (C=O) groups is 2. The molecule has 3 rings (SSSR count). The molecule has 1 N–H and O–H groups in total. The van der Waals surface area contributed by atoms with E-state index < -0.39 is 0 Å². The molecule has 1 saturated heterocycles. The Morgan fingerprint density at radius 3 is 2.64 bits per heavy atom. The average molecular weight is 357 g/mol. The van der Waals surface area contributed by atoms with Crippen molar-refractivity contribution in [2.75, 3.05) is 6.54 Å². The van der Waals surface area contributed by atoms with E-state index in [1.807, 2.05) is 48.2 Å². The van der Waals surface area contributed by atoms with E-state index in [0.717, 1.165) is 24.1 Å². The predicted molar refractivity (Wildman–Crippen MR) is 98.4 cm³/mol. The summed E-state index contributed by atoms with van der Waals surface area (Å²) < 4.78 is 0. The summed E-state index contributed by atoms with van der Waals surface area (Å²) in [7, 11) is 0. The monoisotopic (exact) mass is 356 g/mol. The lowest BCUT2D eigenvalue weighted by atomic mass is 10.1. The summed E-state index contributed by atoms with van der Waals surface area (Å²) in [5.41, 5.74) is 2.60. The van der Waals surface area contributed by atoms with Crippen molar-refractivity contribution in [1.29, 1.82) is 0 Å². The highest BCUT2D eigenvalue weighted by Crippen LogP contribution is 2.18. The molecule has 0 spiro atoms. The van der Waals surface area contributed by atoms with Crippen LogP contribution >= 0.6 is 11.6 Å². The topological polar surface area (TPSA) is 49.4 Å². The van der Waals surface area contributed by atoms with Crippen molar-refractivity contribution in [3.8, 4) is 0 Å². The second kappa shape index (κ2) is 7.70. The Balaban J connectivity index is 1.61. The minimum absolute atomic E-state index is 0.128. The molecule has 0 radical (unpaired) electrons. The van der Waals surface area contributed by atoms with Crippen LogP contribution in [-0.4, -0.2) is 23.3 Å². The molecule has 0 bridgehead atoms. The fraction of sp³-hybridized carbons (Fsp3) is 0.300. The normalized spacial score (nSPS) is 15.3. The Bertz CT molecular complexity index is 774. The van der Waals surface area contributed by atoms with Gasteiger partial charge in [0.15, 0.2) is 0 Å². The lowest BCUT2D eigenvalue weighted by Crippen LogP contribution is -2.27. The van der Waals surface area contributed by atoms with Crippen molar-refractivity contribution in [3.63, 3.8) is 0 Å². The van der Waals surface area contributed by atoms with Gasteiger partial charge in [-0.1, -0.05) is 35.9 Å². The van der Waals surface area contributed by atoms with Crippen LogP contribution in [0.2, 0.25) is 5.02 Å². The molecule has 0 unspecified atom stereocenters. The van der Waals surface area contributed by atoms with Gasteiger partial charge >= 0.3 is 0 Å². The van der Waals surface area contributed by atoms with Crippen molar-refractivity contribution < 1.29 is 9.59 Å². The molecule has 1 aliphatic heterocycles. The van der Waals surface area contributed by atoms with Gasteiger partial charge in [0.05, 0.1) is 6.04 Å². The number of nitrogens with zero attached hydrogens (tertiary/aromatic N) is 1. The SMILES string of the molecule is C[C@@H](NC(=O)c1ccc(CN2CCCC2=O)cc1)c1cccc(Cl)c1. The second-order valence-electron chi connectivity index (χ2n) is 6.37. The largest absolute Gasteiger partial charge is 0.346 e. The zero-order chi connectivity index (χ0) is 17.8. The maximum atomic E-state index is 12.4. The molecule has 2 amide bonds. The predicted octanol–water partition coefficient (Wildman–Crippen LogP) is 3.95. The fourth-order valence-electron chi connectivity index (χ4n) is 2.99. The van der Waals surface area contributed by atoms with Crippen LogP contribution in [0.25, 0.3) is 0 Å². The molecule has 0 aliphatic carbocycles. The molecule has 2 aromatic carbocycles. The summed E-state index contributed by atoms with van der Waals surface area (Å²) in [5, 5.41) is 3.63. The molecule has 1 fully saturated rings. The maximum absolute atomic E-state index is 12.4. The van der Waals surface area contributed by atoms with E-state index in [2.05, 4.69) is 5.32 Å². The minimum atomic E-state index is -0.131. The van der Waals surface area contributed by atoms with Gasteiger partial charge in [-0.25, -0.2) is 0 Å². The van der Waals surface area contributed by atoms with Crippen molar-refractivity contribution in [2.45, 2.75) is 32.4 Å². The molecule has 1 aliphatic rings. The van der Waals surface area contributed by atoms with Gasteiger partial charge in [-0.3, -0.25) is 9.59 Å². The number of nitrogens with one attached hydrogen (secondary N) is 1. The molecule has 0 saturated carbocycles. The van der Waals surface area contributed by atoms with Crippen molar-refractivity contribution >= 4 is 23.4 Å². The average Bonchev–Trinajstić information content (AvgIpc) is 3.00. The molecule has 1 atom stereocenters. The quantitative estimate of drug-likeness (QED) is 0.881. The third kappa shape index (κ3) is 4.40. The Labute approximate surface area is 152 Å². The summed E-state index contributed by atoms with van der Waals surface area (Å²) in [4.78, 5) is 26.0. The van der Waals surface area contributed by atoms with E-state index in [1.54, 1.807) is 12.1 Å². The van der Waals surface area contributed by atoms with E-state index in [0.29, 0.717) is 23.6 Å². The molecule has 130 valence electrons. The summed E-state index contributed by atoms with van der Waals surface area (Å²) in [6.07, 6.45) is 1.57. The van der Waals surface area contributed by atoms with Crippen LogP contribution in [-0.2, 0) is 11.3 Å². The summed E-state index contributed by atoms with van der Waals surface area (Å²) in [6.45, 7) is 3.36. The van der Waals surface area contributed by atoms with Crippen molar-refractivity contribution in [2.24, 2.45) is 0 Å². The van der Waals surface area contributed by atoms with Crippen LogP contribution in [0.1, 0.15) is 47.3 Å². The number of halogens is 1. The Morgan fingerprint density at radius 1 is 1.24 bits per heavy atom. The second-order valence-corrected chi connectivity index (χ2v) is 6.80.